The number of nitrogens with zero attached hydrogens (tertiary/aromatic N) is 1. The van der Waals surface area contributed by atoms with Crippen LogP contribution in [0.15, 0.2) is 4.99 Å². The summed E-state index contributed by atoms with van der Waals surface area (Å²) in [7, 11) is 0. The maximum Gasteiger partial charge on any atom is 0.214 e. The number of aliphatic imine (C=N–C) groups is 1. The van der Waals surface area contributed by atoms with Gasteiger partial charge in [-0.3, -0.25) is 14.6 Å². The van der Waals surface area contributed by atoms with Gasteiger partial charge in [0.1, 0.15) is 36.6 Å². The molecule has 2 unspecified atom stereocenters. The van der Waals surface area contributed by atoms with Gasteiger partial charge in [-0.05, 0) is 12.8 Å². The van der Waals surface area contributed by atoms with Crippen molar-refractivity contribution >= 4 is 17.5 Å². The molecule has 16 nitrogen and oxygen atoms in total. The van der Waals surface area contributed by atoms with Crippen molar-refractivity contribution in [2.24, 2.45) is 22.2 Å². The Hall–Kier alpha value is -1.83. The third-order valence-corrected chi connectivity index (χ3v) is 5.58. The van der Waals surface area contributed by atoms with Crippen LogP contribution in [-0.4, -0.2) is 144 Å². The highest BCUT2D eigenvalue weighted by Crippen LogP contribution is 2.37. The second kappa shape index (κ2) is 12.2. The van der Waals surface area contributed by atoms with Crippen LogP contribution in [0.1, 0.15) is 14.2 Å². The van der Waals surface area contributed by atoms with E-state index >= 15 is 0 Å². The Balaban J connectivity index is 3.55. The summed E-state index contributed by atoms with van der Waals surface area (Å²) in [6, 6.07) is -1.77. The maximum atomic E-state index is 13.5. The summed E-state index contributed by atoms with van der Waals surface area (Å²) < 4.78 is 12.7. The average molecular weight is 499 g/mol. The number of hydrogen-bond donors (Lipinski definition) is 12. The van der Waals surface area contributed by atoms with E-state index in [9.17, 15) is 50.4 Å². The van der Waals surface area contributed by atoms with Crippen molar-refractivity contribution in [1.82, 2.24) is 0 Å². The van der Waals surface area contributed by atoms with E-state index in [-0.39, 0.29) is 25.3 Å². The van der Waals surface area contributed by atoms with Crippen molar-refractivity contribution in [3.63, 3.8) is 0 Å². The number of hydrogen-bond acceptors (Lipinski definition) is 14. The molecule has 10 atom stereocenters. The van der Waals surface area contributed by atoms with E-state index in [0.29, 0.717) is 0 Å². The number of aliphatic hydroxyl groups excluding tert-OH is 8. The van der Waals surface area contributed by atoms with Gasteiger partial charge >= 0.3 is 0 Å². The van der Waals surface area contributed by atoms with E-state index in [1.165, 1.54) is 0 Å². The molecule has 1 aliphatic heterocycles. The molecule has 1 saturated heterocycles. The third-order valence-electron chi connectivity index (χ3n) is 5.58. The first-order valence-electron chi connectivity index (χ1n) is 10.7. The quantitative estimate of drug-likeness (QED) is 0.0457. The van der Waals surface area contributed by atoms with E-state index < -0.39 is 85.2 Å². The molecule has 198 valence electrons. The predicted molar refractivity (Wildman–Crippen MR) is 112 cm³/mol. The van der Waals surface area contributed by atoms with Crippen LogP contribution >= 0.6 is 0 Å². The smallest absolute Gasteiger partial charge is 0.214 e. The van der Waals surface area contributed by atoms with E-state index in [0.717, 1.165) is 0 Å². The fourth-order valence-electron chi connectivity index (χ4n) is 3.53. The van der Waals surface area contributed by atoms with Gasteiger partial charge < -0.3 is 67.9 Å². The number of carbonyl (C=O) groups excluding carboxylic acids is 2. The second-order valence-electron chi connectivity index (χ2n) is 7.90. The van der Waals surface area contributed by atoms with Gasteiger partial charge in [0.2, 0.25) is 11.4 Å². The Kier molecular flexibility index (Phi) is 10.2. The van der Waals surface area contributed by atoms with E-state index in [2.05, 4.69) is 4.99 Å². The van der Waals surface area contributed by atoms with Crippen LogP contribution < -0.4 is 17.2 Å². The summed E-state index contributed by atoms with van der Waals surface area (Å²) >= 11 is 0. The Bertz CT molecular complexity index is 772. The van der Waals surface area contributed by atoms with Crippen molar-refractivity contribution in [2.45, 2.75) is 66.7 Å². The molecule has 1 fully saturated rings. The highest BCUT2D eigenvalue weighted by atomic mass is 16.6. The molecular weight excluding hydrogens is 464 g/mol. The normalized spacial score (nSPS) is 31.5. The maximum absolute atomic E-state index is 13.5. The molecule has 34 heavy (non-hydrogen) atoms. The molecule has 1 heterocycles. The molecule has 16 heteroatoms. The summed E-state index contributed by atoms with van der Waals surface area (Å²) in [5, 5.41) is 90.5. The number of guanidine groups is 1. The molecule has 0 aliphatic carbocycles. The van der Waals surface area contributed by atoms with Gasteiger partial charge in [-0.2, -0.15) is 0 Å². The van der Waals surface area contributed by atoms with Crippen molar-refractivity contribution in [1.29, 1.82) is 0 Å². The number of aliphatic hydroxyl groups is 9. The zero-order valence-electron chi connectivity index (χ0n) is 19.1. The summed E-state index contributed by atoms with van der Waals surface area (Å²) in [5.74, 6) is -4.07. The van der Waals surface area contributed by atoms with Gasteiger partial charge in [-0.1, -0.05) is 0 Å². The zero-order valence-corrected chi connectivity index (χ0v) is 18.1. The summed E-state index contributed by atoms with van der Waals surface area (Å²) in [4.78, 5) is 30.3. The number of nitrogens with two attached hydrogens (primary N) is 3. The topological polar surface area (TPSA) is 316 Å². The second-order valence-corrected chi connectivity index (χ2v) is 7.90. The van der Waals surface area contributed by atoms with Gasteiger partial charge in [0.25, 0.3) is 0 Å². The van der Waals surface area contributed by atoms with Crippen molar-refractivity contribution in [2.75, 3.05) is 26.3 Å². The van der Waals surface area contributed by atoms with Crippen LogP contribution in [0.4, 0.5) is 0 Å². The number of Topliss-reactive ketones (excluding diaryl/α,β-unsaturated/α-hetero) is 2. The number of carbonyl (C=O) groups is 2. The Morgan fingerprint density at radius 2 is 1.76 bits per heavy atom. The summed E-state index contributed by atoms with van der Waals surface area (Å²) in [5.41, 5.74) is 8.93. The van der Waals surface area contributed by atoms with Gasteiger partial charge in [0.05, 0.1) is 27.2 Å². The lowest BCUT2D eigenvalue weighted by Gasteiger charge is -2.41. The van der Waals surface area contributed by atoms with Crippen molar-refractivity contribution in [3.8, 4) is 0 Å². The first kappa shape index (κ1) is 28.4. The lowest BCUT2D eigenvalue weighted by Crippen LogP contribution is -2.72. The Labute approximate surface area is 195 Å². The van der Waals surface area contributed by atoms with Crippen molar-refractivity contribution in [3.05, 3.63) is 0 Å². The minimum Gasteiger partial charge on any atom is -0.394 e. The molecule has 0 radical (unpaired) electrons. The standard InChI is InChI=1S/C18H34N4O12/c19-7(2-1-3-22-16(20)21)12(29)18(33,14(31)10(27)8(26)4-23)15(32)17(6-25)13(30)11(28)9(5-24)34-17/h7-11,13-14,23-28,30-31,33H,1-6,19H2,(H4,20,21,22)/t7-,8+,9+,10-,11+,13-,14-,17?,18+/m0/s1/i6D/t6?,7-,8+,9+,10-,11+,13-,14-,17?,18+. The first-order valence-corrected chi connectivity index (χ1v) is 10.2. The largest absolute Gasteiger partial charge is 0.394 e. The van der Waals surface area contributed by atoms with Gasteiger partial charge in [-0.25, -0.2) is 0 Å². The lowest BCUT2D eigenvalue weighted by atomic mass is 9.72. The number of ether oxygens (including phenoxy) is 1. The van der Waals surface area contributed by atoms with Gasteiger partial charge in [0, 0.05) is 6.54 Å². The minimum atomic E-state index is -3.86. The molecule has 0 spiro atoms. The molecule has 0 aromatic carbocycles. The fourth-order valence-corrected chi connectivity index (χ4v) is 3.53. The lowest BCUT2D eigenvalue weighted by molar-refractivity contribution is -0.203. The SMILES string of the molecule is [2H]C(O)C1(C(=O)[C@@](O)(C(=O)[C@@H](N)CCCN=C(N)N)[C@@H](O)[C@@H](O)[C@H](O)CO)O[C@H](CO)[C@@H](O)[C@@H]1O. The van der Waals surface area contributed by atoms with E-state index in [1.807, 2.05) is 0 Å². The molecular formula is C18H34N4O12. The molecule has 0 bridgehead atoms. The average Bonchev–Trinajstić information content (AvgIpc) is 3.09. The van der Waals surface area contributed by atoms with Crippen molar-refractivity contribution < 1.29 is 61.7 Å². The molecule has 0 saturated carbocycles. The van der Waals surface area contributed by atoms with Crippen LogP contribution in [0, 0.1) is 0 Å². The number of ketones is 2. The van der Waals surface area contributed by atoms with E-state index in [4.69, 9.17) is 28.4 Å². The third kappa shape index (κ3) is 5.69. The number of rotatable bonds is 14. The summed E-state index contributed by atoms with van der Waals surface area (Å²) in [6.45, 7) is -5.07. The van der Waals surface area contributed by atoms with Crippen LogP contribution in [0.2, 0.25) is 0 Å². The molecule has 0 aromatic heterocycles. The molecule has 0 amide bonds. The van der Waals surface area contributed by atoms with Crippen LogP contribution in [0.5, 0.6) is 0 Å². The van der Waals surface area contributed by atoms with Crippen LogP contribution in [0.3, 0.4) is 0 Å². The molecule has 0 aromatic rings. The highest BCUT2D eigenvalue weighted by molar-refractivity contribution is 6.16. The Morgan fingerprint density at radius 1 is 1.18 bits per heavy atom. The van der Waals surface area contributed by atoms with Gasteiger partial charge in [-0.15, -0.1) is 0 Å². The van der Waals surface area contributed by atoms with E-state index in [1.54, 1.807) is 0 Å². The van der Waals surface area contributed by atoms with Crippen LogP contribution in [0.25, 0.3) is 0 Å². The highest BCUT2D eigenvalue weighted by Gasteiger charge is 2.67. The van der Waals surface area contributed by atoms with Gasteiger partial charge in [0.15, 0.2) is 17.3 Å². The Morgan fingerprint density at radius 3 is 2.21 bits per heavy atom. The monoisotopic (exact) mass is 499 g/mol. The van der Waals surface area contributed by atoms with Crippen LogP contribution in [-0.2, 0) is 14.3 Å². The minimum absolute atomic E-state index is 0.0175. The molecule has 15 N–H and O–H groups in total. The summed E-state index contributed by atoms with van der Waals surface area (Å²) in [6.07, 6.45) is -14.4. The predicted octanol–water partition coefficient (Wildman–Crippen LogP) is -7.84. The zero-order chi connectivity index (χ0) is 27.3. The molecule has 1 aliphatic rings. The first-order chi connectivity index (χ1) is 16.1. The molecule has 1 rings (SSSR count). The fraction of sp³-hybridized carbons (Fsp3) is 0.833.